The summed E-state index contributed by atoms with van der Waals surface area (Å²) in [5.41, 5.74) is 3.17. The van der Waals surface area contributed by atoms with Gasteiger partial charge in [-0.3, -0.25) is 9.78 Å². The molecule has 0 saturated heterocycles. The molecule has 1 N–H and O–H groups in total. The Morgan fingerprint density at radius 1 is 1.00 bits per heavy atom. The highest BCUT2D eigenvalue weighted by molar-refractivity contribution is 6.30. The molecule has 0 unspecified atom stereocenters. The Bertz CT molecular complexity index is 957. The number of carbonyl (C=O) groups is 2. The van der Waals surface area contributed by atoms with E-state index in [-0.39, 0.29) is 6.61 Å². The van der Waals surface area contributed by atoms with Gasteiger partial charge in [-0.1, -0.05) is 41.9 Å². The first-order valence-corrected chi connectivity index (χ1v) is 8.66. The van der Waals surface area contributed by atoms with E-state index < -0.39 is 11.9 Å². The van der Waals surface area contributed by atoms with Crippen LogP contribution in [-0.2, 0) is 9.53 Å². The minimum Gasteiger partial charge on any atom is -0.452 e. The molecule has 0 aliphatic carbocycles. The Hall–Kier alpha value is -3.18. The predicted molar refractivity (Wildman–Crippen MR) is 105 cm³/mol. The normalized spacial score (nSPS) is 10.3. The van der Waals surface area contributed by atoms with Crippen LogP contribution in [0.3, 0.4) is 0 Å². The van der Waals surface area contributed by atoms with Gasteiger partial charge in [0.2, 0.25) is 0 Å². The van der Waals surface area contributed by atoms with Gasteiger partial charge in [0.05, 0.1) is 17.0 Å². The van der Waals surface area contributed by atoms with Crippen LogP contribution in [0.25, 0.3) is 11.3 Å². The standard InChI is InChI=1S/C21H17ClN2O3/c1-14-18(11-12-19(23-14)15-5-3-2-4-6-15)21(26)27-13-20(25)24-17-9-7-16(22)8-10-17/h2-12H,13H2,1H3,(H,24,25). The zero-order valence-electron chi connectivity index (χ0n) is 14.6. The SMILES string of the molecule is Cc1nc(-c2ccccc2)ccc1C(=O)OCC(=O)Nc1ccc(Cl)cc1. The minimum absolute atomic E-state index is 0.328. The summed E-state index contributed by atoms with van der Waals surface area (Å²) in [6.07, 6.45) is 0. The summed E-state index contributed by atoms with van der Waals surface area (Å²) in [5, 5.41) is 3.20. The van der Waals surface area contributed by atoms with Gasteiger partial charge in [-0.2, -0.15) is 0 Å². The molecule has 6 heteroatoms. The van der Waals surface area contributed by atoms with E-state index in [0.717, 1.165) is 11.3 Å². The molecule has 3 rings (SSSR count). The lowest BCUT2D eigenvalue weighted by atomic mass is 10.1. The molecule has 1 heterocycles. The van der Waals surface area contributed by atoms with Crippen molar-refractivity contribution in [2.75, 3.05) is 11.9 Å². The third kappa shape index (κ3) is 4.92. The first-order chi connectivity index (χ1) is 13.0. The topological polar surface area (TPSA) is 68.3 Å². The van der Waals surface area contributed by atoms with Crippen LogP contribution in [-0.4, -0.2) is 23.5 Å². The number of carbonyl (C=O) groups excluding carboxylic acids is 2. The molecule has 1 aromatic heterocycles. The van der Waals surface area contributed by atoms with Crippen LogP contribution < -0.4 is 5.32 Å². The minimum atomic E-state index is -0.592. The van der Waals surface area contributed by atoms with Gasteiger partial charge in [0.1, 0.15) is 0 Å². The smallest absolute Gasteiger partial charge is 0.340 e. The van der Waals surface area contributed by atoms with Crippen LogP contribution in [0.1, 0.15) is 16.1 Å². The van der Waals surface area contributed by atoms with Crippen molar-refractivity contribution < 1.29 is 14.3 Å². The maximum Gasteiger partial charge on any atom is 0.340 e. The quantitative estimate of drug-likeness (QED) is 0.661. The lowest BCUT2D eigenvalue weighted by Crippen LogP contribution is -2.21. The summed E-state index contributed by atoms with van der Waals surface area (Å²) in [6, 6.07) is 19.7. The van der Waals surface area contributed by atoms with Gasteiger partial charge >= 0.3 is 5.97 Å². The second-order valence-electron chi connectivity index (χ2n) is 5.83. The van der Waals surface area contributed by atoms with E-state index in [1.807, 2.05) is 30.3 Å². The number of aryl methyl sites for hydroxylation is 1. The Kier molecular flexibility index (Phi) is 5.84. The highest BCUT2D eigenvalue weighted by Crippen LogP contribution is 2.19. The number of pyridine rings is 1. The van der Waals surface area contributed by atoms with Crippen molar-refractivity contribution in [2.45, 2.75) is 6.92 Å². The monoisotopic (exact) mass is 380 g/mol. The second-order valence-corrected chi connectivity index (χ2v) is 6.26. The maximum absolute atomic E-state index is 12.3. The number of nitrogens with one attached hydrogen (secondary N) is 1. The summed E-state index contributed by atoms with van der Waals surface area (Å²) in [7, 11) is 0. The van der Waals surface area contributed by atoms with E-state index in [4.69, 9.17) is 16.3 Å². The largest absolute Gasteiger partial charge is 0.452 e. The fourth-order valence-electron chi connectivity index (χ4n) is 2.49. The first-order valence-electron chi connectivity index (χ1n) is 8.28. The third-order valence-corrected chi connectivity index (χ3v) is 4.09. The Morgan fingerprint density at radius 3 is 2.37 bits per heavy atom. The van der Waals surface area contributed by atoms with Crippen molar-refractivity contribution in [3.63, 3.8) is 0 Å². The molecule has 0 spiro atoms. The molecule has 0 fully saturated rings. The molecule has 0 radical (unpaired) electrons. The first kappa shape index (κ1) is 18.6. The number of rotatable bonds is 5. The number of aromatic nitrogens is 1. The summed E-state index contributed by atoms with van der Waals surface area (Å²) in [4.78, 5) is 28.6. The van der Waals surface area contributed by atoms with Crippen LogP contribution in [0.5, 0.6) is 0 Å². The van der Waals surface area contributed by atoms with Gasteiger partial charge in [0.15, 0.2) is 6.61 Å². The molecule has 2 aromatic carbocycles. The number of amides is 1. The lowest BCUT2D eigenvalue weighted by molar-refractivity contribution is -0.119. The number of hydrogen-bond donors (Lipinski definition) is 1. The fourth-order valence-corrected chi connectivity index (χ4v) is 2.61. The van der Waals surface area contributed by atoms with Crippen LogP contribution in [0.15, 0.2) is 66.7 Å². The fraction of sp³-hybridized carbons (Fsp3) is 0.0952. The van der Waals surface area contributed by atoms with Gasteiger partial charge in [0.25, 0.3) is 5.91 Å². The zero-order valence-corrected chi connectivity index (χ0v) is 15.4. The van der Waals surface area contributed by atoms with Crippen molar-refractivity contribution >= 4 is 29.2 Å². The lowest BCUT2D eigenvalue weighted by Gasteiger charge is -2.09. The highest BCUT2D eigenvalue weighted by atomic mass is 35.5. The van der Waals surface area contributed by atoms with Gasteiger partial charge in [-0.25, -0.2) is 4.79 Å². The average molecular weight is 381 g/mol. The number of halogens is 1. The van der Waals surface area contributed by atoms with E-state index in [0.29, 0.717) is 22.0 Å². The van der Waals surface area contributed by atoms with E-state index in [1.54, 1.807) is 43.3 Å². The van der Waals surface area contributed by atoms with Crippen LogP contribution in [0, 0.1) is 6.92 Å². The Balaban J connectivity index is 1.60. The number of esters is 1. The van der Waals surface area contributed by atoms with Crippen molar-refractivity contribution in [3.8, 4) is 11.3 Å². The second kappa shape index (κ2) is 8.47. The van der Waals surface area contributed by atoms with Gasteiger partial charge in [-0.15, -0.1) is 0 Å². The molecule has 1 amide bonds. The van der Waals surface area contributed by atoms with Crippen molar-refractivity contribution in [2.24, 2.45) is 0 Å². The molecule has 3 aromatic rings. The van der Waals surface area contributed by atoms with E-state index in [1.165, 1.54) is 0 Å². The van der Waals surface area contributed by atoms with Gasteiger partial charge < -0.3 is 10.1 Å². The summed E-state index contributed by atoms with van der Waals surface area (Å²) in [5.74, 6) is -1.02. The number of ether oxygens (including phenoxy) is 1. The Morgan fingerprint density at radius 2 is 1.70 bits per heavy atom. The molecule has 27 heavy (non-hydrogen) atoms. The van der Waals surface area contributed by atoms with Crippen LogP contribution in [0.2, 0.25) is 5.02 Å². The summed E-state index contributed by atoms with van der Waals surface area (Å²) >= 11 is 5.80. The summed E-state index contributed by atoms with van der Waals surface area (Å²) in [6.45, 7) is 1.35. The Labute approximate surface area is 162 Å². The molecule has 0 aliphatic rings. The molecule has 5 nitrogen and oxygen atoms in total. The van der Waals surface area contributed by atoms with Crippen molar-refractivity contribution in [3.05, 3.63) is 83.0 Å². The maximum atomic E-state index is 12.3. The average Bonchev–Trinajstić information content (AvgIpc) is 2.68. The molecule has 136 valence electrons. The third-order valence-electron chi connectivity index (χ3n) is 3.84. The van der Waals surface area contributed by atoms with Crippen LogP contribution in [0.4, 0.5) is 5.69 Å². The number of anilines is 1. The number of benzene rings is 2. The molecular weight excluding hydrogens is 364 g/mol. The molecule has 0 bridgehead atoms. The highest BCUT2D eigenvalue weighted by Gasteiger charge is 2.14. The number of nitrogens with zero attached hydrogens (tertiary/aromatic N) is 1. The number of hydrogen-bond acceptors (Lipinski definition) is 4. The van der Waals surface area contributed by atoms with Crippen molar-refractivity contribution in [1.82, 2.24) is 4.98 Å². The van der Waals surface area contributed by atoms with Gasteiger partial charge in [0, 0.05) is 16.3 Å². The molecular formula is C21H17ClN2O3. The van der Waals surface area contributed by atoms with E-state index in [9.17, 15) is 9.59 Å². The summed E-state index contributed by atoms with van der Waals surface area (Å²) < 4.78 is 5.10. The molecule has 0 atom stereocenters. The molecule has 0 aliphatic heterocycles. The van der Waals surface area contributed by atoms with E-state index >= 15 is 0 Å². The van der Waals surface area contributed by atoms with E-state index in [2.05, 4.69) is 10.3 Å². The predicted octanol–water partition coefficient (Wildman–Crippen LogP) is 4.51. The van der Waals surface area contributed by atoms with Gasteiger partial charge in [-0.05, 0) is 43.3 Å². The molecule has 0 saturated carbocycles. The van der Waals surface area contributed by atoms with Crippen molar-refractivity contribution in [1.29, 1.82) is 0 Å². The van der Waals surface area contributed by atoms with Crippen LogP contribution >= 0.6 is 11.6 Å². The zero-order chi connectivity index (χ0) is 19.2.